The lowest BCUT2D eigenvalue weighted by Crippen LogP contribution is -2.45. The first-order valence-corrected chi connectivity index (χ1v) is 13.6. The monoisotopic (exact) mass is 447 g/mol. The van der Waals surface area contributed by atoms with Crippen LogP contribution in [0.4, 0.5) is 0 Å². The van der Waals surface area contributed by atoms with E-state index in [4.69, 9.17) is 5.73 Å². The van der Waals surface area contributed by atoms with Crippen molar-refractivity contribution in [1.82, 2.24) is 20.4 Å². The number of nitrogens with one attached hydrogen (secondary N) is 2. The number of rotatable bonds is 8. The van der Waals surface area contributed by atoms with Crippen molar-refractivity contribution in [1.29, 1.82) is 0 Å². The van der Waals surface area contributed by atoms with E-state index in [-0.39, 0.29) is 5.92 Å². The smallest absolute Gasteiger partial charge is 0.225 e. The summed E-state index contributed by atoms with van der Waals surface area (Å²) in [5.74, 6) is 4.14. The first-order chi connectivity index (χ1) is 15.5. The average molecular weight is 448 g/mol. The summed E-state index contributed by atoms with van der Waals surface area (Å²) in [5, 5.41) is 7.37. The van der Waals surface area contributed by atoms with E-state index in [0.29, 0.717) is 5.91 Å². The van der Waals surface area contributed by atoms with Crippen molar-refractivity contribution >= 4 is 5.91 Å². The minimum absolute atomic E-state index is 0.269. The summed E-state index contributed by atoms with van der Waals surface area (Å²) in [6.45, 7) is 5.20. The number of amides is 1. The molecule has 3 aliphatic carbocycles. The first-order valence-electron chi connectivity index (χ1n) is 13.6. The van der Waals surface area contributed by atoms with Crippen LogP contribution in [-0.2, 0) is 4.79 Å². The van der Waals surface area contributed by atoms with Gasteiger partial charge in [-0.3, -0.25) is 15.0 Å². The van der Waals surface area contributed by atoms with E-state index in [9.17, 15) is 4.79 Å². The van der Waals surface area contributed by atoms with Gasteiger partial charge in [-0.25, -0.2) is 0 Å². The molecule has 3 saturated carbocycles. The third-order valence-corrected chi connectivity index (χ3v) is 9.32. The summed E-state index contributed by atoms with van der Waals surface area (Å²) < 4.78 is 0. The van der Waals surface area contributed by atoms with E-state index in [2.05, 4.69) is 15.5 Å². The number of carbonyl (C=O) groups excluding carboxylic acids is 1. The Morgan fingerprint density at radius 2 is 1.66 bits per heavy atom. The van der Waals surface area contributed by atoms with Crippen LogP contribution in [-0.4, -0.2) is 74.7 Å². The van der Waals surface area contributed by atoms with E-state index < -0.39 is 0 Å². The Hall–Kier alpha value is -0.690. The second-order valence-corrected chi connectivity index (χ2v) is 11.6. The Kier molecular flexibility index (Phi) is 8.88. The third-order valence-electron chi connectivity index (χ3n) is 9.32. The molecule has 4 N–H and O–H groups in total. The molecule has 0 aromatic rings. The third kappa shape index (κ3) is 6.05. The summed E-state index contributed by atoms with van der Waals surface area (Å²) in [6, 6.07) is 1.47. The van der Waals surface area contributed by atoms with Gasteiger partial charge in [0.1, 0.15) is 0 Å². The quantitative estimate of drug-likeness (QED) is 0.499. The Labute approximate surface area is 196 Å². The van der Waals surface area contributed by atoms with Gasteiger partial charge >= 0.3 is 0 Å². The fraction of sp³-hybridized carbons (Fsp3) is 0.962. The first kappa shape index (κ1) is 24.4. The van der Waals surface area contributed by atoms with E-state index in [1.807, 2.05) is 14.1 Å². The number of carbonyl (C=O) groups is 1. The van der Waals surface area contributed by atoms with Gasteiger partial charge in [-0.1, -0.05) is 0 Å². The van der Waals surface area contributed by atoms with E-state index in [1.165, 1.54) is 70.9 Å². The predicted molar refractivity (Wildman–Crippen MR) is 131 cm³/mol. The largest absolute Gasteiger partial charge is 0.349 e. The van der Waals surface area contributed by atoms with Crippen LogP contribution in [0.5, 0.6) is 0 Å². The molecule has 0 spiro atoms. The second-order valence-electron chi connectivity index (χ2n) is 11.6. The zero-order valence-corrected chi connectivity index (χ0v) is 20.7. The molecule has 3 atom stereocenters. The number of hydrogen-bond donors (Lipinski definition) is 3. The maximum Gasteiger partial charge on any atom is 0.225 e. The Morgan fingerprint density at radius 1 is 0.969 bits per heavy atom. The molecule has 1 heterocycles. The van der Waals surface area contributed by atoms with Crippen molar-refractivity contribution in [2.24, 2.45) is 35.3 Å². The van der Waals surface area contributed by atoms with Gasteiger partial charge in [-0.15, -0.1) is 0 Å². The van der Waals surface area contributed by atoms with Crippen LogP contribution in [0, 0.1) is 29.6 Å². The molecule has 0 bridgehead atoms. The fourth-order valence-electron chi connectivity index (χ4n) is 7.36. The van der Waals surface area contributed by atoms with Crippen LogP contribution in [0.25, 0.3) is 0 Å². The molecule has 1 saturated heterocycles. The van der Waals surface area contributed by atoms with Crippen molar-refractivity contribution in [2.75, 3.05) is 46.9 Å². The lowest BCUT2D eigenvalue weighted by atomic mass is 9.69. The van der Waals surface area contributed by atoms with E-state index >= 15 is 0 Å². The summed E-state index contributed by atoms with van der Waals surface area (Å²) >= 11 is 0. The van der Waals surface area contributed by atoms with Gasteiger partial charge in [-0.05, 0) is 101 Å². The molecule has 1 aliphatic heterocycles. The highest BCUT2D eigenvalue weighted by Crippen LogP contribution is 2.42. The second kappa shape index (κ2) is 11.6. The molecule has 4 aliphatic rings. The highest BCUT2D eigenvalue weighted by molar-refractivity contribution is 5.78. The highest BCUT2D eigenvalue weighted by Gasteiger charge is 2.42. The van der Waals surface area contributed by atoms with Crippen molar-refractivity contribution < 1.29 is 4.79 Å². The van der Waals surface area contributed by atoms with Crippen molar-refractivity contribution in [2.45, 2.75) is 82.7 Å². The van der Waals surface area contributed by atoms with Crippen LogP contribution >= 0.6 is 0 Å². The standard InChI is InChI=1S/C26H49N5O/c1-30(2)26(32)22-9-5-20(6-10-22)17-31-18-29-24-12-11-23(15-25(24)31)21-7-3-19(4-8-21)16-28-14-13-27/h19-25,28-29H,3-18,27H2,1-2H3. The predicted octanol–water partition coefficient (Wildman–Crippen LogP) is 2.64. The Balaban J connectivity index is 1.22. The zero-order chi connectivity index (χ0) is 22.5. The van der Waals surface area contributed by atoms with E-state index in [0.717, 1.165) is 68.4 Å². The van der Waals surface area contributed by atoms with E-state index in [1.54, 1.807) is 4.90 Å². The van der Waals surface area contributed by atoms with Gasteiger partial charge in [0.25, 0.3) is 0 Å². The molecule has 6 heteroatoms. The van der Waals surface area contributed by atoms with Gasteiger partial charge in [0.2, 0.25) is 5.91 Å². The molecule has 0 aromatic carbocycles. The molecule has 32 heavy (non-hydrogen) atoms. The van der Waals surface area contributed by atoms with Crippen LogP contribution in [0.3, 0.4) is 0 Å². The molecule has 0 aromatic heterocycles. The zero-order valence-electron chi connectivity index (χ0n) is 20.7. The van der Waals surface area contributed by atoms with Gasteiger partial charge < -0.3 is 16.0 Å². The topological polar surface area (TPSA) is 73.6 Å². The Bertz CT molecular complexity index is 583. The van der Waals surface area contributed by atoms with Gasteiger partial charge in [0.05, 0.1) is 0 Å². The van der Waals surface area contributed by atoms with Crippen LogP contribution in [0.1, 0.15) is 70.6 Å². The molecule has 6 nitrogen and oxygen atoms in total. The molecular formula is C26H49N5O. The lowest BCUT2D eigenvalue weighted by Gasteiger charge is -2.42. The van der Waals surface area contributed by atoms with Crippen LogP contribution in [0.2, 0.25) is 0 Å². The summed E-state index contributed by atoms with van der Waals surface area (Å²) in [5.41, 5.74) is 5.62. The summed E-state index contributed by atoms with van der Waals surface area (Å²) in [6.07, 6.45) is 14.5. The molecule has 4 rings (SSSR count). The Morgan fingerprint density at radius 3 is 2.34 bits per heavy atom. The van der Waals surface area contributed by atoms with Gasteiger partial charge in [0, 0.05) is 58.4 Å². The number of nitrogens with two attached hydrogens (primary N) is 1. The molecule has 1 amide bonds. The maximum absolute atomic E-state index is 12.3. The van der Waals surface area contributed by atoms with Crippen molar-refractivity contribution in [3.8, 4) is 0 Å². The normalized spacial score (nSPS) is 38.4. The van der Waals surface area contributed by atoms with Gasteiger partial charge in [-0.2, -0.15) is 0 Å². The summed E-state index contributed by atoms with van der Waals surface area (Å²) in [7, 11) is 3.80. The summed E-state index contributed by atoms with van der Waals surface area (Å²) in [4.78, 5) is 16.9. The maximum atomic E-state index is 12.3. The number of hydrogen-bond acceptors (Lipinski definition) is 5. The average Bonchev–Trinajstić information content (AvgIpc) is 3.21. The van der Waals surface area contributed by atoms with Gasteiger partial charge in [0.15, 0.2) is 0 Å². The lowest BCUT2D eigenvalue weighted by molar-refractivity contribution is -0.134. The minimum Gasteiger partial charge on any atom is -0.349 e. The molecular weight excluding hydrogens is 398 g/mol. The highest BCUT2D eigenvalue weighted by atomic mass is 16.2. The van der Waals surface area contributed by atoms with Crippen LogP contribution in [0.15, 0.2) is 0 Å². The molecule has 184 valence electrons. The number of nitrogens with zero attached hydrogens (tertiary/aromatic N) is 2. The molecule has 4 fully saturated rings. The molecule has 3 unspecified atom stereocenters. The molecule has 0 radical (unpaired) electrons. The fourth-order valence-corrected chi connectivity index (χ4v) is 7.36. The van der Waals surface area contributed by atoms with Crippen LogP contribution < -0.4 is 16.4 Å². The van der Waals surface area contributed by atoms with Crippen molar-refractivity contribution in [3.05, 3.63) is 0 Å². The van der Waals surface area contributed by atoms with Crippen molar-refractivity contribution in [3.63, 3.8) is 0 Å². The SMILES string of the molecule is CN(C)C(=O)C1CCC(CN2CNC3CCC(C4CCC(CNCCN)CC4)CC32)CC1. The number of fused-ring (bicyclic) bond motifs is 1. The minimum atomic E-state index is 0.269.